The van der Waals surface area contributed by atoms with Gasteiger partial charge in [0.25, 0.3) is 0 Å². The minimum Gasteiger partial charge on any atom is -0.310 e. The van der Waals surface area contributed by atoms with Gasteiger partial charge in [0.1, 0.15) is 0 Å². The van der Waals surface area contributed by atoms with E-state index in [1.54, 1.807) is 0 Å². The number of nitrogens with zero attached hydrogens (tertiary/aromatic N) is 1. The second-order valence-corrected chi connectivity index (χ2v) is 16.4. The molecule has 9 rings (SSSR count). The molecule has 51 heavy (non-hydrogen) atoms. The van der Waals surface area contributed by atoms with Gasteiger partial charge in [0.15, 0.2) is 0 Å². The highest BCUT2D eigenvalue weighted by Gasteiger charge is 2.42. The van der Waals surface area contributed by atoms with Crippen LogP contribution < -0.4 is 4.90 Å². The zero-order valence-electron chi connectivity index (χ0n) is 29.7. The maximum Gasteiger partial charge on any atom is 0.0540 e. The van der Waals surface area contributed by atoms with Crippen molar-refractivity contribution in [2.75, 3.05) is 4.90 Å². The molecule has 0 unspecified atom stereocenters. The lowest BCUT2D eigenvalue weighted by Gasteiger charge is -2.28. The van der Waals surface area contributed by atoms with Gasteiger partial charge in [-0.3, -0.25) is 0 Å². The van der Waals surface area contributed by atoms with Gasteiger partial charge in [0, 0.05) is 37.1 Å². The summed E-state index contributed by atoms with van der Waals surface area (Å²) in [5.74, 6) is 0. The summed E-state index contributed by atoms with van der Waals surface area (Å²) in [6, 6.07) is 60.2. The predicted octanol–water partition coefficient (Wildman–Crippen LogP) is 14.5. The number of hydrogen-bond donors (Lipinski definition) is 0. The van der Waals surface area contributed by atoms with Gasteiger partial charge in [0.2, 0.25) is 0 Å². The Hall–Kier alpha value is -5.44. The highest BCUT2D eigenvalue weighted by Crippen LogP contribution is 2.52. The number of hydrogen-bond acceptors (Lipinski definition) is 2. The fourth-order valence-electron chi connectivity index (χ4n) is 8.61. The number of benzene rings is 7. The first-order chi connectivity index (χ1) is 24.7. The highest BCUT2D eigenvalue weighted by atomic mass is 32.1. The molecule has 1 aromatic heterocycles. The number of thiophene rings is 1. The zero-order chi connectivity index (χ0) is 34.7. The summed E-state index contributed by atoms with van der Waals surface area (Å²) in [7, 11) is 0. The Morgan fingerprint density at radius 1 is 0.431 bits per heavy atom. The molecular formula is C49H41NS. The molecule has 0 saturated carbocycles. The topological polar surface area (TPSA) is 3.24 Å². The molecule has 0 N–H and O–H groups in total. The Balaban J connectivity index is 1.19. The average Bonchev–Trinajstić information content (AvgIpc) is 3.61. The minimum absolute atomic E-state index is 0.176. The van der Waals surface area contributed by atoms with Crippen molar-refractivity contribution in [1.29, 1.82) is 0 Å². The molecule has 0 atom stereocenters. The van der Waals surface area contributed by atoms with Crippen LogP contribution >= 0.6 is 11.3 Å². The average molecular weight is 676 g/mol. The second kappa shape index (κ2) is 12.1. The Bertz CT molecular complexity index is 2520. The first kappa shape index (κ1) is 31.5. The second-order valence-electron chi connectivity index (χ2n) is 15.3. The third kappa shape index (κ3) is 5.55. The van der Waals surface area contributed by atoms with Gasteiger partial charge < -0.3 is 4.90 Å². The molecule has 0 spiro atoms. The summed E-state index contributed by atoms with van der Waals surface area (Å²) in [5, 5.41) is 2.72. The van der Waals surface area contributed by atoms with Crippen molar-refractivity contribution in [1.82, 2.24) is 0 Å². The maximum atomic E-state index is 2.51. The molecule has 0 saturated heterocycles. The SMILES string of the molecule is CC1(C)CC(C)(C)c2cc3c(cc21)sc1cc(N(c2ccccc2)c2ccc(-c4ccc(-c5ccccc5)cc4)cc2-c2ccccc2)ccc13. The Morgan fingerprint density at radius 3 is 1.63 bits per heavy atom. The summed E-state index contributed by atoms with van der Waals surface area (Å²) >= 11 is 1.92. The van der Waals surface area contributed by atoms with Crippen molar-refractivity contribution in [3.8, 4) is 33.4 Å². The molecule has 1 nitrogen and oxygen atoms in total. The third-order valence-corrected chi connectivity index (χ3v) is 12.0. The molecule has 248 valence electrons. The van der Waals surface area contributed by atoms with Crippen LogP contribution in [0.2, 0.25) is 0 Å². The van der Waals surface area contributed by atoms with E-state index in [0.29, 0.717) is 0 Å². The summed E-state index contributed by atoms with van der Waals surface area (Å²) in [6.07, 6.45) is 1.18. The van der Waals surface area contributed by atoms with Gasteiger partial charge in [-0.1, -0.05) is 143 Å². The molecule has 0 bridgehead atoms. The summed E-state index contributed by atoms with van der Waals surface area (Å²) in [4.78, 5) is 2.43. The number of anilines is 3. The van der Waals surface area contributed by atoms with Gasteiger partial charge in [-0.15, -0.1) is 11.3 Å². The van der Waals surface area contributed by atoms with E-state index in [4.69, 9.17) is 0 Å². The Kier molecular flexibility index (Phi) is 7.49. The van der Waals surface area contributed by atoms with Gasteiger partial charge in [0.05, 0.1) is 5.69 Å². The van der Waals surface area contributed by atoms with Crippen LogP contribution in [0.15, 0.2) is 164 Å². The van der Waals surface area contributed by atoms with Crippen LogP contribution in [0.4, 0.5) is 17.1 Å². The first-order valence-electron chi connectivity index (χ1n) is 18.0. The van der Waals surface area contributed by atoms with Gasteiger partial charge in [-0.05, 0) is 105 Å². The van der Waals surface area contributed by atoms with E-state index in [0.717, 1.165) is 17.1 Å². The summed E-state index contributed by atoms with van der Waals surface area (Å²) in [6.45, 7) is 9.63. The van der Waals surface area contributed by atoms with Crippen molar-refractivity contribution < 1.29 is 0 Å². The van der Waals surface area contributed by atoms with Crippen LogP contribution in [0.1, 0.15) is 45.2 Å². The van der Waals surface area contributed by atoms with Crippen molar-refractivity contribution in [3.05, 3.63) is 175 Å². The van der Waals surface area contributed by atoms with Crippen molar-refractivity contribution in [3.63, 3.8) is 0 Å². The fraction of sp³-hybridized carbons (Fsp3) is 0.143. The monoisotopic (exact) mass is 675 g/mol. The van der Waals surface area contributed by atoms with Crippen LogP contribution in [-0.4, -0.2) is 0 Å². The Labute approximate surface area is 305 Å². The van der Waals surface area contributed by atoms with Crippen molar-refractivity contribution in [2.24, 2.45) is 0 Å². The van der Waals surface area contributed by atoms with Crippen LogP contribution in [0.5, 0.6) is 0 Å². The number of rotatable bonds is 6. The molecule has 0 fully saturated rings. The van der Waals surface area contributed by atoms with Gasteiger partial charge in [-0.25, -0.2) is 0 Å². The molecule has 1 aliphatic carbocycles. The summed E-state index contributed by atoms with van der Waals surface area (Å²) in [5.41, 5.74) is 14.1. The number of fused-ring (bicyclic) bond motifs is 4. The first-order valence-corrected chi connectivity index (χ1v) is 18.8. The standard InChI is InChI=1S/C49H41NS/c1-48(2)32-49(3,4)44-31-47-42(30-43(44)48)40-26-25-39(29-46(40)51-47)50(38-18-12-7-13-19-38)45-27-24-37(28-41(45)36-16-10-6-11-17-36)35-22-20-34(21-23-35)33-14-8-5-9-15-33/h5-31H,32H2,1-4H3. The van der Waals surface area contributed by atoms with Crippen molar-refractivity contribution >= 4 is 48.6 Å². The van der Waals surface area contributed by atoms with E-state index in [1.807, 2.05) is 11.3 Å². The molecule has 1 heterocycles. The lowest BCUT2D eigenvalue weighted by molar-refractivity contribution is 0.403. The smallest absolute Gasteiger partial charge is 0.0540 e. The Morgan fingerprint density at radius 2 is 0.961 bits per heavy atom. The van der Waals surface area contributed by atoms with Crippen molar-refractivity contribution in [2.45, 2.75) is 44.9 Å². The van der Waals surface area contributed by atoms with Crippen LogP contribution in [0.25, 0.3) is 53.6 Å². The van der Waals surface area contributed by atoms with E-state index in [2.05, 4.69) is 196 Å². The van der Waals surface area contributed by atoms with E-state index in [1.165, 1.54) is 71.1 Å². The summed E-state index contributed by atoms with van der Waals surface area (Å²) < 4.78 is 2.70. The lowest BCUT2D eigenvalue weighted by Crippen LogP contribution is -2.17. The quantitative estimate of drug-likeness (QED) is 0.170. The largest absolute Gasteiger partial charge is 0.310 e. The molecule has 8 aromatic rings. The van der Waals surface area contributed by atoms with Crippen LogP contribution in [-0.2, 0) is 10.8 Å². The van der Waals surface area contributed by atoms with Crippen LogP contribution in [0.3, 0.4) is 0 Å². The van der Waals surface area contributed by atoms with Gasteiger partial charge >= 0.3 is 0 Å². The minimum atomic E-state index is 0.176. The highest BCUT2D eigenvalue weighted by molar-refractivity contribution is 7.25. The molecule has 7 aromatic carbocycles. The molecule has 1 aliphatic rings. The molecule has 0 amide bonds. The molecule has 0 radical (unpaired) electrons. The molecular weight excluding hydrogens is 635 g/mol. The fourth-order valence-corrected chi connectivity index (χ4v) is 9.78. The number of para-hydroxylation sites is 1. The molecule has 2 heteroatoms. The lowest BCUT2D eigenvalue weighted by atomic mass is 9.82. The van der Waals surface area contributed by atoms with Gasteiger partial charge in [-0.2, -0.15) is 0 Å². The van der Waals surface area contributed by atoms with Crippen LogP contribution in [0, 0.1) is 0 Å². The zero-order valence-corrected chi connectivity index (χ0v) is 30.5. The normalized spacial score (nSPS) is 14.5. The predicted molar refractivity (Wildman–Crippen MR) is 221 cm³/mol. The van der Waals surface area contributed by atoms with E-state index < -0.39 is 0 Å². The van der Waals surface area contributed by atoms with E-state index in [-0.39, 0.29) is 10.8 Å². The molecule has 0 aliphatic heterocycles. The third-order valence-electron chi connectivity index (χ3n) is 10.9. The van der Waals surface area contributed by atoms with E-state index in [9.17, 15) is 0 Å². The van der Waals surface area contributed by atoms with E-state index >= 15 is 0 Å². The maximum absolute atomic E-state index is 2.51.